The molecule has 2 aliphatic heterocycles. The van der Waals surface area contributed by atoms with Crippen molar-refractivity contribution in [3.05, 3.63) is 18.2 Å². The summed E-state index contributed by atoms with van der Waals surface area (Å²) in [7, 11) is -2.31. The second kappa shape index (κ2) is 10.3. The van der Waals surface area contributed by atoms with E-state index >= 15 is 0 Å². The molecular weight excluding hydrogens is 462 g/mol. The minimum absolute atomic E-state index is 0.123. The first kappa shape index (κ1) is 25.0. The molecule has 10 nitrogen and oxygen atoms in total. The lowest BCUT2D eigenvalue weighted by molar-refractivity contribution is -0.169. The van der Waals surface area contributed by atoms with Crippen molar-refractivity contribution < 1.29 is 32.2 Å². The molecule has 0 spiro atoms. The average Bonchev–Trinajstić information content (AvgIpc) is 3.32. The molecule has 1 aromatic carbocycles. The number of nitrogens with zero attached hydrogens (tertiary/aromatic N) is 1. The van der Waals surface area contributed by atoms with Gasteiger partial charge in [-0.2, -0.15) is 4.31 Å². The van der Waals surface area contributed by atoms with Gasteiger partial charge in [-0.15, -0.1) is 0 Å². The van der Waals surface area contributed by atoms with Gasteiger partial charge in [-0.25, -0.2) is 13.2 Å². The van der Waals surface area contributed by atoms with E-state index in [-0.39, 0.29) is 41.6 Å². The quantitative estimate of drug-likeness (QED) is 0.371. The molecule has 3 aliphatic rings. The van der Waals surface area contributed by atoms with Gasteiger partial charge in [-0.05, 0) is 30.9 Å². The summed E-state index contributed by atoms with van der Waals surface area (Å²) in [6.07, 6.45) is 0.568. The van der Waals surface area contributed by atoms with Crippen molar-refractivity contribution in [1.82, 2.24) is 9.62 Å². The number of methoxy groups -OCH3 is 1. The normalized spacial score (nSPS) is 27.9. The lowest BCUT2D eigenvalue weighted by atomic mass is 9.98. The van der Waals surface area contributed by atoms with Gasteiger partial charge in [0, 0.05) is 43.5 Å². The standard InChI is InChI=1S/C23H35N3O7S/c1-14(2)11-26(34(28,29)16-5-6-19(24)20(10-16)30-3)8-4-7-25-23(27)33-21-15-9-17-18(21)13-32-22(17)31-12-15/h5-6,10,14-15,17-18,21-22H,4,7-9,11-13,24H2,1-3H3,(H,25,27). The summed E-state index contributed by atoms with van der Waals surface area (Å²) in [6.45, 7) is 5.94. The number of amides is 1. The number of ether oxygens (including phenoxy) is 4. The van der Waals surface area contributed by atoms with Gasteiger partial charge in [-0.1, -0.05) is 13.8 Å². The second-order valence-electron chi connectivity index (χ2n) is 9.67. The number of carbonyl (C=O) groups excluding carboxylic acids is 1. The zero-order chi connectivity index (χ0) is 24.5. The fourth-order valence-corrected chi connectivity index (χ4v) is 6.84. The molecule has 0 radical (unpaired) electrons. The van der Waals surface area contributed by atoms with Gasteiger partial charge >= 0.3 is 6.09 Å². The Hall–Kier alpha value is -2.08. The summed E-state index contributed by atoms with van der Waals surface area (Å²) in [6, 6.07) is 4.44. The molecule has 2 bridgehead atoms. The summed E-state index contributed by atoms with van der Waals surface area (Å²) < 4.78 is 50.3. The molecule has 1 saturated carbocycles. The Kier molecular flexibility index (Phi) is 7.56. The number of fused-ring (bicyclic) bond motifs is 1. The molecular formula is C23H35N3O7S. The van der Waals surface area contributed by atoms with E-state index in [1.54, 1.807) is 0 Å². The predicted molar refractivity (Wildman–Crippen MR) is 125 cm³/mol. The number of nitrogens with one attached hydrogen (secondary N) is 1. The van der Waals surface area contributed by atoms with Crippen LogP contribution in [-0.2, 0) is 24.2 Å². The summed E-state index contributed by atoms with van der Waals surface area (Å²) >= 11 is 0. The maximum absolute atomic E-state index is 13.3. The highest BCUT2D eigenvalue weighted by Gasteiger charge is 2.56. The Morgan fingerprint density at radius 3 is 2.76 bits per heavy atom. The van der Waals surface area contributed by atoms with Crippen molar-refractivity contribution in [1.29, 1.82) is 0 Å². The van der Waals surface area contributed by atoms with E-state index in [1.807, 2.05) is 13.8 Å². The van der Waals surface area contributed by atoms with Crippen molar-refractivity contribution in [3.63, 3.8) is 0 Å². The smallest absolute Gasteiger partial charge is 0.407 e. The van der Waals surface area contributed by atoms with Gasteiger partial charge in [-0.3, -0.25) is 0 Å². The van der Waals surface area contributed by atoms with Crippen LogP contribution >= 0.6 is 0 Å². The van der Waals surface area contributed by atoms with E-state index in [2.05, 4.69) is 5.32 Å². The minimum Gasteiger partial charge on any atom is -0.495 e. The zero-order valence-corrected chi connectivity index (χ0v) is 20.8. The first-order valence-electron chi connectivity index (χ1n) is 11.8. The van der Waals surface area contributed by atoms with Crippen LogP contribution in [0, 0.1) is 23.7 Å². The van der Waals surface area contributed by atoms with Crippen LogP contribution in [0.4, 0.5) is 10.5 Å². The fourth-order valence-electron chi connectivity index (χ4n) is 5.18. The lowest BCUT2D eigenvalue weighted by Crippen LogP contribution is -2.39. The van der Waals surface area contributed by atoms with Crippen molar-refractivity contribution in [2.45, 2.75) is 44.0 Å². The van der Waals surface area contributed by atoms with Crippen LogP contribution < -0.4 is 15.8 Å². The fraction of sp³-hybridized carbons (Fsp3) is 0.696. The third-order valence-electron chi connectivity index (χ3n) is 6.80. The number of benzene rings is 1. The summed E-state index contributed by atoms with van der Waals surface area (Å²) in [5.41, 5.74) is 6.21. The van der Waals surface area contributed by atoms with E-state index in [4.69, 9.17) is 24.7 Å². The van der Waals surface area contributed by atoms with E-state index in [0.717, 1.165) is 6.42 Å². The summed E-state index contributed by atoms with van der Waals surface area (Å²) in [4.78, 5) is 12.6. The van der Waals surface area contributed by atoms with E-state index < -0.39 is 16.1 Å². The minimum atomic E-state index is -3.75. The van der Waals surface area contributed by atoms with E-state index in [1.165, 1.54) is 29.6 Å². The SMILES string of the molecule is COc1cc(S(=O)(=O)N(CCCNC(=O)OC2C3COC4OCC2C4C3)CC(C)C)ccc1N. The molecule has 2 saturated heterocycles. The Morgan fingerprint density at radius 1 is 1.26 bits per heavy atom. The van der Waals surface area contributed by atoms with Gasteiger partial charge in [0.05, 0.1) is 30.9 Å². The molecule has 2 heterocycles. The van der Waals surface area contributed by atoms with Crippen LogP contribution in [0.15, 0.2) is 23.1 Å². The molecule has 5 atom stereocenters. The van der Waals surface area contributed by atoms with Crippen molar-refractivity contribution >= 4 is 21.8 Å². The highest BCUT2D eigenvalue weighted by Crippen LogP contribution is 2.49. The first-order valence-corrected chi connectivity index (χ1v) is 13.3. The number of alkyl carbamates (subject to hydrolysis) is 1. The van der Waals surface area contributed by atoms with Crippen LogP contribution in [0.2, 0.25) is 0 Å². The lowest BCUT2D eigenvalue weighted by Gasteiger charge is -2.27. The monoisotopic (exact) mass is 497 g/mol. The number of hydrogen-bond acceptors (Lipinski definition) is 8. The molecule has 1 aliphatic carbocycles. The van der Waals surface area contributed by atoms with E-state index in [0.29, 0.717) is 50.1 Å². The van der Waals surface area contributed by atoms with E-state index in [9.17, 15) is 13.2 Å². The third-order valence-corrected chi connectivity index (χ3v) is 8.66. The average molecular weight is 498 g/mol. The predicted octanol–water partition coefficient (Wildman–Crippen LogP) is 2.05. The number of nitrogens with two attached hydrogens (primary N) is 1. The van der Waals surface area contributed by atoms with Crippen LogP contribution in [0.3, 0.4) is 0 Å². The van der Waals surface area contributed by atoms with Gasteiger partial charge in [0.2, 0.25) is 10.0 Å². The number of carbonyl (C=O) groups is 1. The molecule has 11 heteroatoms. The maximum Gasteiger partial charge on any atom is 0.407 e. The summed E-state index contributed by atoms with van der Waals surface area (Å²) in [5.74, 6) is 1.15. The molecule has 3 N–H and O–H groups in total. The molecule has 3 fully saturated rings. The molecule has 190 valence electrons. The molecule has 0 aromatic heterocycles. The number of anilines is 1. The topological polar surface area (TPSA) is 129 Å². The number of rotatable bonds is 10. The van der Waals surface area contributed by atoms with Crippen LogP contribution in [0.25, 0.3) is 0 Å². The highest BCUT2D eigenvalue weighted by atomic mass is 32.2. The molecule has 34 heavy (non-hydrogen) atoms. The zero-order valence-electron chi connectivity index (χ0n) is 19.9. The Morgan fingerprint density at radius 2 is 2.03 bits per heavy atom. The van der Waals surface area contributed by atoms with Crippen molar-refractivity contribution in [2.75, 3.05) is 45.7 Å². The van der Waals surface area contributed by atoms with Gasteiger partial charge < -0.3 is 30.0 Å². The third kappa shape index (κ3) is 5.12. The molecule has 4 rings (SSSR count). The van der Waals surface area contributed by atoms with Crippen LogP contribution in [0.1, 0.15) is 26.7 Å². The molecule has 1 amide bonds. The number of hydrogen-bond donors (Lipinski definition) is 2. The maximum atomic E-state index is 13.3. The second-order valence-corrected chi connectivity index (χ2v) is 11.6. The number of sulfonamides is 1. The summed E-state index contributed by atoms with van der Waals surface area (Å²) in [5, 5.41) is 2.77. The number of nitrogen functional groups attached to an aromatic ring is 1. The largest absolute Gasteiger partial charge is 0.495 e. The Bertz CT molecular complexity index is 987. The molecule has 5 unspecified atom stereocenters. The Balaban J connectivity index is 1.31. The van der Waals surface area contributed by atoms with Gasteiger partial charge in [0.15, 0.2) is 6.29 Å². The van der Waals surface area contributed by atoms with Crippen molar-refractivity contribution in [3.8, 4) is 5.75 Å². The molecule has 1 aromatic rings. The van der Waals surface area contributed by atoms with Gasteiger partial charge in [0.1, 0.15) is 11.9 Å². The Labute approximate surface area is 201 Å². The van der Waals surface area contributed by atoms with Crippen LogP contribution in [0.5, 0.6) is 5.75 Å². The highest BCUT2D eigenvalue weighted by molar-refractivity contribution is 7.89. The van der Waals surface area contributed by atoms with Gasteiger partial charge in [0.25, 0.3) is 0 Å². The van der Waals surface area contributed by atoms with Crippen molar-refractivity contribution in [2.24, 2.45) is 23.7 Å². The van der Waals surface area contributed by atoms with Crippen LogP contribution in [-0.4, -0.2) is 71.2 Å². The first-order chi connectivity index (χ1) is 16.2.